The topological polar surface area (TPSA) is 197 Å². The number of nitrogens with one attached hydrogen (secondary N) is 4. The summed E-state index contributed by atoms with van der Waals surface area (Å²) in [4.78, 5) is 45.9. The molecule has 12 nitrogen and oxygen atoms in total. The summed E-state index contributed by atoms with van der Waals surface area (Å²) in [7, 11) is 0. The van der Waals surface area contributed by atoms with E-state index < -0.39 is 34.7 Å². The highest BCUT2D eigenvalue weighted by atomic mass is 16.4. The third-order valence-electron chi connectivity index (χ3n) is 4.30. The average Bonchev–Trinajstić information content (AvgIpc) is 2.55. The molecule has 1 aliphatic rings. The number of carboxylic acids is 4. The maximum atomic E-state index is 11.5. The molecule has 1 fully saturated rings. The largest absolute Gasteiger partial charge is 0.480 e. The number of carboxylic acid groups (broad SMARTS) is 4. The van der Waals surface area contributed by atoms with Gasteiger partial charge in [-0.1, -0.05) is 0 Å². The molecular formula is C14H24N4O8. The summed E-state index contributed by atoms with van der Waals surface area (Å²) < 4.78 is 0. The summed E-state index contributed by atoms with van der Waals surface area (Å²) in [6.07, 6.45) is 0. The van der Waals surface area contributed by atoms with Gasteiger partial charge in [0, 0.05) is 52.4 Å². The molecule has 26 heavy (non-hydrogen) atoms. The minimum atomic E-state index is -2.05. The lowest BCUT2D eigenvalue weighted by molar-refractivity contribution is -0.166. The van der Waals surface area contributed by atoms with Crippen LogP contribution in [0.3, 0.4) is 0 Å². The van der Waals surface area contributed by atoms with Crippen LogP contribution >= 0.6 is 0 Å². The van der Waals surface area contributed by atoms with Gasteiger partial charge < -0.3 is 41.7 Å². The van der Waals surface area contributed by atoms with E-state index in [9.17, 15) is 39.6 Å². The van der Waals surface area contributed by atoms with Crippen LogP contribution in [-0.2, 0) is 19.2 Å². The van der Waals surface area contributed by atoms with Crippen LogP contribution < -0.4 is 21.3 Å². The van der Waals surface area contributed by atoms with Crippen molar-refractivity contribution in [3.05, 3.63) is 0 Å². The maximum absolute atomic E-state index is 11.5. The Hall–Kier alpha value is -2.28. The highest BCUT2D eigenvalue weighted by Gasteiger charge is 2.47. The molecule has 0 saturated carbocycles. The molecule has 0 aromatic rings. The van der Waals surface area contributed by atoms with Gasteiger partial charge in [0.2, 0.25) is 0 Å². The highest BCUT2D eigenvalue weighted by Crippen LogP contribution is 2.17. The van der Waals surface area contributed by atoms with Crippen LogP contribution in [-0.4, -0.2) is 96.7 Å². The van der Waals surface area contributed by atoms with Crippen molar-refractivity contribution in [1.29, 1.82) is 0 Å². The van der Waals surface area contributed by atoms with Gasteiger partial charge in [0.1, 0.15) is 0 Å². The van der Waals surface area contributed by atoms with Gasteiger partial charge in [-0.3, -0.25) is 19.2 Å². The van der Waals surface area contributed by atoms with Crippen LogP contribution in [0.2, 0.25) is 0 Å². The Balaban J connectivity index is 2.86. The first-order chi connectivity index (χ1) is 12.2. The normalized spacial score (nSPS) is 21.8. The predicted octanol–water partition coefficient (Wildman–Crippen LogP) is -3.33. The van der Waals surface area contributed by atoms with E-state index in [0.717, 1.165) is 0 Å². The molecule has 0 aliphatic carbocycles. The SMILES string of the molecule is O=C(O)C1(C(=O)O)CNCCNCC(C(=O)O)(C(=O)O)CNCCNC1. The smallest absolute Gasteiger partial charge is 0.323 e. The molecule has 0 aromatic carbocycles. The fourth-order valence-electron chi connectivity index (χ4n) is 2.47. The first-order valence-corrected chi connectivity index (χ1v) is 7.95. The molecule has 148 valence electrons. The van der Waals surface area contributed by atoms with Gasteiger partial charge in [0.25, 0.3) is 0 Å². The van der Waals surface area contributed by atoms with E-state index in [1.807, 2.05) is 0 Å². The van der Waals surface area contributed by atoms with E-state index in [-0.39, 0.29) is 52.4 Å². The quantitative estimate of drug-likeness (QED) is 0.227. The molecule has 1 rings (SSSR count). The summed E-state index contributed by atoms with van der Waals surface area (Å²) in [5.74, 6) is -5.91. The molecule has 0 radical (unpaired) electrons. The van der Waals surface area contributed by atoms with E-state index >= 15 is 0 Å². The van der Waals surface area contributed by atoms with Gasteiger partial charge >= 0.3 is 23.9 Å². The van der Waals surface area contributed by atoms with E-state index in [1.165, 1.54) is 0 Å². The lowest BCUT2D eigenvalue weighted by atomic mass is 9.87. The Morgan fingerprint density at radius 1 is 0.500 bits per heavy atom. The van der Waals surface area contributed by atoms with E-state index in [2.05, 4.69) is 21.3 Å². The fourth-order valence-corrected chi connectivity index (χ4v) is 2.47. The molecule has 1 aliphatic heterocycles. The van der Waals surface area contributed by atoms with E-state index in [1.54, 1.807) is 0 Å². The summed E-state index contributed by atoms with van der Waals surface area (Å²) in [5.41, 5.74) is -4.09. The van der Waals surface area contributed by atoms with Crippen molar-refractivity contribution in [2.24, 2.45) is 10.8 Å². The maximum Gasteiger partial charge on any atom is 0.323 e. The molecule has 0 unspecified atom stereocenters. The van der Waals surface area contributed by atoms with Crippen molar-refractivity contribution in [2.75, 3.05) is 52.4 Å². The number of aliphatic carboxylic acids is 4. The van der Waals surface area contributed by atoms with Crippen molar-refractivity contribution in [3.63, 3.8) is 0 Å². The van der Waals surface area contributed by atoms with Crippen LogP contribution in [0.25, 0.3) is 0 Å². The third-order valence-corrected chi connectivity index (χ3v) is 4.30. The molecule has 0 atom stereocenters. The molecular weight excluding hydrogens is 352 g/mol. The van der Waals surface area contributed by atoms with Crippen LogP contribution in [0.15, 0.2) is 0 Å². The number of rotatable bonds is 4. The van der Waals surface area contributed by atoms with Crippen molar-refractivity contribution in [3.8, 4) is 0 Å². The molecule has 1 saturated heterocycles. The summed E-state index contributed by atoms with van der Waals surface area (Å²) in [6.45, 7) is -0.858. The van der Waals surface area contributed by atoms with Crippen molar-refractivity contribution in [1.82, 2.24) is 21.3 Å². The van der Waals surface area contributed by atoms with Crippen molar-refractivity contribution >= 4 is 23.9 Å². The van der Waals surface area contributed by atoms with Gasteiger partial charge in [-0.25, -0.2) is 0 Å². The molecule has 0 spiro atoms. The first kappa shape index (κ1) is 21.8. The summed E-state index contributed by atoms with van der Waals surface area (Å²) in [5, 5.41) is 48.1. The highest BCUT2D eigenvalue weighted by molar-refractivity contribution is 5.99. The Morgan fingerprint density at radius 3 is 0.846 bits per heavy atom. The number of carbonyl (C=O) groups is 4. The minimum absolute atomic E-state index is 0.130. The monoisotopic (exact) mass is 376 g/mol. The molecule has 0 amide bonds. The van der Waals surface area contributed by atoms with Crippen LogP contribution in [0.4, 0.5) is 0 Å². The standard InChI is InChI=1S/C14H24N4O8/c19-9(20)13(10(21)22)5-15-1-2-16-6-14(11(23)24,12(25)26)8-18-4-3-17-7-13/h15-18H,1-8H2,(H,19,20)(H,21,22)(H,23,24)(H,25,26). The number of hydrogen-bond donors (Lipinski definition) is 8. The van der Waals surface area contributed by atoms with Gasteiger partial charge in [-0.2, -0.15) is 0 Å². The first-order valence-electron chi connectivity index (χ1n) is 7.95. The van der Waals surface area contributed by atoms with Crippen LogP contribution in [0.1, 0.15) is 0 Å². The van der Waals surface area contributed by atoms with Gasteiger partial charge in [-0.15, -0.1) is 0 Å². The predicted molar refractivity (Wildman–Crippen MR) is 86.9 cm³/mol. The van der Waals surface area contributed by atoms with Gasteiger partial charge in [0.15, 0.2) is 10.8 Å². The zero-order valence-electron chi connectivity index (χ0n) is 14.1. The molecule has 12 heteroatoms. The van der Waals surface area contributed by atoms with Gasteiger partial charge in [-0.05, 0) is 0 Å². The van der Waals surface area contributed by atoms with Gasteiger partial charge in [0.05, 0.1) is 0 Å². The van der Waals surface area contributed by atoms with Crippen molar-refractivity contribution < 1.29 is 39.6 Å². The second kappa shape index (κ2) is 9.43. The summed E-state index contributed by atoms with van der Waals surface area (Å²) >= 11 is 0. The summed E-state index contributed by atoms with van der Waals surface area (Å²) in [6, 6.07) is 0. The third kappa shape index (κ3) is 4.88. The molecule has 8 N–H and O–H groups in total. The van der Waals surface area contributed by atoms with Crippen LogP contribution in [0.5, 0.6) is 0 Å². The minimum Gasteiger partial charge on any atom is -0.480 e. The second-order valence-corrected chi connectivity index (χ2v) is 6.09. The average molecular weight is 376 g/mol. The fraction of sp³-hybridized carbons (Fsp3) is 0.714. The Kier molecular flexibility index (Phi) is 7.89. The molecule has 0 bridgehead atoms. The van der Waals surface area contributed by atoms with Crippen molar-refractivity contribution in [2.45, 2.75) is 0 Å². The Morgan fingerprint density at radius 2 is 0.692 bits per heavy atom. The Bertz CT molecular complexity index is 457. The molecule has 0 aromatic heterocycles. The zero-order chi connectivity index (χ0) is 19.8. The van der Waals surface area contributed by atoms with E-state index in [4.69, 9.17) is 0 Å². The van der Waals surface area contributed by atoms with Crippen LogP contribution in [0, 0.1) is 10.8 Å². The molecule has 1 heterocycles. The zero-order valence-corrected chi connectivity index (χ0v) is 14.1. The van der Waals surface area contributed by atoms with E-state index in [0.29, 0.717) is 0 Å². The Labute approximate surface area is 149 Å². The number of hydrogen-bond acceptors (Lipinski definition) is 8. The lowest BCUT2D eigenvalue weighted by Crippen LogP contribution is -2.57. The lowest BCUT2D eigenvalue weighted by Gasteiger charge is -2.28. The second-order valence-electron chi connectivity index (χ2n) is 6.09.